The van der Waals surface area contributed by atoms with E-state index in [0.717, 1.165) is 33.1 Å². The summed E-state index contributed by atoms with van der Waals surface area (Å²) < 4.78 is 6.20. The number of rotatable bonds is 6. The first kappa shape index (κ1) is 17.6. The predicted octanol–water partition coefficient (Wildman–Crippen LogP) is 4.53. The number of aromatic nitrogens is 2. The van der Waals surface area contributed by atoms with Crippen LogP contribution in [0.2, 0.25) is 0 Å². The number of nitrogens with one attached hydrogen (secondary N) is 1. The molecule has 7 heteroatoms. The lowest BCUT2D eigenvalue weighted by molar-refractivity contribution is -0.115. The third-order valence-corrected chi connectivity index (χ3v) is 5.81. The van der Waals surface area contributed by atoms with E-state index in [1.54, 1.807) is 18.4 Å². The third-order valence-electron chi connectivity index (χ3n) is 3.98. The predicted molar refractivity (Wildman–Crippen MR) is 110 cm³/mol. The van der Waals surface area contributed by atoms with Gasteiger partial charge in [0.2, 0.25) is 5.91 Å². The van der Waals surface area contributed by atoms with Gasteiger partial charge in [0.1, 0.15) is 5.75 Å². The Morgan fingerprint density at radius 2 is 2.00 bits per heavy atom. The van der Waals surface area contributed by atoms with Crippen molar-refractivity contribution in [1.29, 1.82) is 0 Å². The van der Waals surface area contributed by atoms with Crippen molar-refractivity contribution in [1.82, 2.24) is 9.97 Å². The topological polar surface area (TPSA) is 64.1 Å². The molecule has 0 saturated heterocycles. The molecule has 4 aromatic rings. The lowest BCUT2D eigenvalue weighted by atomic mass is 10.2. The zero-order valence-electron chi connectivity index (χ0n) is 14.6. The summed E-state index contributed by atoms with van der Waals surface area (Å²) in [6, 6.07) is 15.9. The number of thiazole rings is 2. The monoisotopic (exact) mass is 395 g/mol. The van der Waals surface area contributed by atoms with Crippen LogP contribution in [0, 0.1) is 0 Å². The molecule has 0 spiro atoms. The van der Waals surface area contributed by atoms with Gasteiger partial charge in [0.25, 0.3) is 0 Å². The summed E-state index contributed by atoms with van der Waals surface area (Å²) in [4.78, 5) is 21.4. The fraction of sp³-hybridized carbons (Fsp3) is 0.150. The molecule has 0 fully saturated rings. The quantitative estimate of drug-likeness (QED) is 0.521. The number of carbonyl (C=O) groups excluding carboxylic acids is 1. The number of hydrogen-bond acceptors (Lipinski definition) is 6. The second kappa shape index (κ2) is 7.85. The molecule has 0 bridgehead atoms. The maximum Gasteiger partial charge on any atom is 0.232 e. The van der Waals surface area contributed by atoms with Gasteiger partial charge in [-0.1, -0.05) is 41.7 Å². The van der Waals surface area contributed by atoms with Crippen LogP contribution in [0.15, 0.2) is 53.9 Å². The second-order valence-corrected chi connectivity index (χ2v) is 7.95. The second-order valence-electron chi connectivity index (χ2n) is 5.97. The van der Waals surface area contributed by atoms with Crippen molar-refractivity contribution in [2.24, 2.45) is 0 Å². The van der Waals surface area contributed by atoms with Crippen molar-refractivity contribution in [2.75, 3.05) is 12.4 Å². The molecule has 0 atom stereocenters. The summed E-state index contributed by atoms with van der Waals surface area (Å²) in [5, 5.41) is 6.41. The highest BCUT2D eigenvalue weighted by Crippen LogP contribution is 2.29. The van der Waals surface area contributed by atoms with Crippen molar-refractivity contribution in [3.05, 3.63) is 70.2 Å². The molecule has 0 aliphatic rings. The van der Waals surface area contributed by atoms with Gasteiger partial charge in [0.15, 0.2) is 5.13 Å². The van der Waals surface area contributed by atoms with Crippen molar-refractivity contribution >= 4 is 43.9 Å². The van der Waals surface area contributed by atoms with Crippen LogP contribution in [0.1, 0.15) is 16.3 Å². The van der Waals surface area contributed by atoms with E-state index < -0.39 is 0 Å². The van der Waals surface area contributed by atoms with Gasteiger partial charge in [0, 0.05) is 11.8 Å². The summed E-state index contributed by atoms with van der Waals surface area (Å²) in [5.74, 6) is 0.662. The highest BCUT2D eigenvalue weighted by Gasteiger charge is 2.12. The molecule has 0 unspecified atom stereocenters. The van der Waals surface area contributed by atoms with Crippen LogP contribution in [0.25, 0.3) is 10.2 Å². The van der Waals surface area contributed by atoms with Crippen LogP contribution in [0.3, 0.4) is 0 Å². The van der Waals surface area contributed by atoms with E-state index >= 15 is 0 Å². The van der Waals surface area contributed by atoms with Crippen molar-refractivity contribution in [3.8, 4) is 5.75 Å². The van der Waals surface area contributed by atoms with Crippen LogP contribution in [-0.4, -0.2) is 23.0 Å². The number of anilines is 1. The Hall–Kier alpha value is -2.77. The molecule has 0 aliphatic heterocycles. The van der Waals surface area contributed by atoms with E-state index in [-0.39, 0.29) is 12.3 Å². The third kappa shape index (κ3) is 4.32. The van der Waals surface area contributed by atoms with Crippen molar-refractivity contribution in [2.45, 2.75) is 12.8 Å². The normalized spacial score (nSPS) is 10.9. The Morgan fingerprint density at radius 3 is 2.81 bits per heavy atom. The minimum absolute atomic E-state index is 0.113. The Bertz CT molecular complexity index is 1070. The number of hydrogen-bond donors (Lipinski definition) is 1. The smallest absolute Gasteiger partial charge is 0.232 e. The van der Waals surface area contributed by atoms with Gasteiger partial charge in [-0.15, -0.1) is 11.3 Å². The number of benzene rings is 2. The van der Waals surface area contributed by atoms with E-state index in [0.29, 0.717) is 5.13 Å². The molecule has 27 heavy (non-hydrogen) atoms. The van der Waals surface area contributed by atoms with Gasteiger partial charge >= 0.3 is 0 Å². The molecule has 136 valence electrons. The molecule has 2 aromatic heterocycles. The van der Waals surface area contributed by atoms with E-state index in [9.17, 15) is 4.79 Å². The van der Waals surface area contributed by atoms with Crippen LogP contribution < -0.4 is 10.1 Å². The van der Waals surface area contributed by atoms with Gasteiger partial charge in [-0.05, 0) is 23.8 Å². The Labute approximate surface area is 164 Å². The number of carbonyl (C=O) groups is 1. The van der Waals surface area contributed by atoms with Crippen LogP contribution in [0.5, 0.6) is 5.75 Å². The highest BCUT2D eigenvalue weighted by atomic mass is 32.1. The van der Waals surface area contributed by atoms with E-state index in [2.05, 4.69) is 27.4 Å². The fourth-order valence-electron chi connectivity index (χ4n) is 2.70. The van der Waals surface area contributed by atoms with Crippen LogP contribution in [0.4, 0.5) is 5.13 Å². The van der Waals surface area contributed by atoms with Crippen molar-refractivity contribution in [3.63, 3.8) is 0 Å². The van der Waals surface area contributed by atoms with Gasteiger partial charge in [-0.2, -0.15) is 0 Å². The maximum atomic E-state index is 12.3. The standard InChI is InChI=1S/C20H17N3O2S2/c1-25-15-7-8-16-17(11-15)27-20(22-16)23-18(24)10-14-12-26-19(21-14)9-13-5-3-2-4-6-13/h2-8,11-12H,9-10H2,1H3,(H,22,23,24). The number of ether oxygens (including phenoxy) is 1. The first-order chi connectivity index (χ1) is 13.2. The van der Waals surface area contributed by atoms with Gasteiger partial charge in [-0.3, -0.25) is 4.79 Å². The molecule has 0 aliphatic carbocycles. The summed E-state index contributed by atoms with van der Waals surface area (Å²) >= 11 is 3.01. The molecule has 2 heterocycles. The number of nitrogens with zero attached hydrogens (tertiary/aromatic N) is 2. The first-order valence-corrected chi connectivity index (χ1v) is 10.1. The Morgan fingerprint density at radius 1 is 1.15 bits per heavy atom. The molecule has 5 nitrogen and oxygen atoms in total. The summed E-state index contributed by atoms with van der Waals surface area (Å²) in [6.07, 6.45) is 1.03. The molecule has 2 aromatic carbocycles. The number of methoxy groups -OCH3 is 1. The van der Waals surface area contributed by atoms with Gasteiger partial charge in [0.05, 0.1) is 34.4 Å². The maximum absolute atomic E-state index is 12.3. The van der Waals surface area contributed by atoms with Crippen LogP contribution >= 0.6 is 22.7 Å². The molecular formula is C20H17N3O2S2. The average molecular weight is 396 g/mol. The summed E-state index contributed by atoms with van der Waals surface area (Å²) in [7, 11) is 1.63. The fourth-order valence-corrected chi connectivity index (χ4v) is 4.43. The largest absolute Gasteiger partial charge is 0.497 e. The SMILES string of the molecule is COc1ccc2nc(NC(=O)Cc3csc(Cc4ccccc4)n3)sc2c1. The van der Waals surface area contributed by atoms with E-state index in [1.807, 2.05) is 41.8 Å². The van der Waals surface area contributed by atoms with E-state index in [4.69, 9.17) is 4.74 Å². The first-order valence-electron chi connectivity index (χ1n) is 8.41. The van der Waals surface area contributed by atoms with Gasteiger partial charge < -0.3 is 10.1 Å². The molecule has 4 rings (SSSR count). The molecule has 1 amide bonds. The van der Waals surface area contributed by atoms with E-state index in [1.165, 1.54) is 16.9 Å². The molecule has 0 radical (unpaired) electrons. The highest BCUT2D eigenvalue weighted by molar-refractivity contribution is 7.22. The minimum atomic E-state index is -0.113. The lowest BCUT2D eigenvalue weighted by Crippen LogP contribution is -2.14. The Balaban J connectivity index is 1.39. The van der Waals surface area contributed by atoms with Crippen LogP contribution in [-0.2, 0) is 17.6 Å². The Kier molecular flexibility index (Phi) is 5.13. The average Bonchev–Trinajstić information content (AvgIpc) is 3.27. The summed E-state index contributed by atoms with van der Waals surface area (Å²) in [5.41, 5.74) is 2.84. The number of fused-ring (bicyclic) bond motifs is 1. The lowest BCUT2D eigenvalue weighted by Gasteiger charge is -1.99. The van der Waals surface area contributed by atoms with Crippen molar-refractivity contribution < 1.29 is 9.53 Å². The molecule has 0 saturated carbocycles. The zero-order valence-corrected chi connectivity index (χ0v) is 16.3. The zero-order chi connectivity index (χ0) is 18.6. The molecule has 1 N–H and O–H groups in total. The number of amides is 1. The van der Waals surface area contributed by atoms with Gasteiger partial charge in [-0.25, -0.2) is 9.97 Å². The summed E-state index contributed by atoms with van der Waals surface area (Å²) in [6.45, 7) is 0. The minimum Gasteiger partial charge on any atom is -0.497 e. The molecular weight excluding hydrogens is 378 g/mol.